The first-order chi connectivity index (χ1) is 13.5. The molecule has 28 heavy (non-hydrogen) atoms. The number of aromatic hydroxyl groups is 1. The lowest BCUT2D eigenvalue weighted by Crippen LogP contribution is -2.56. The van der Waals surface area contributed by atoms with Crippen LogP contribution < -0.4 is 15.1 Å². The van der Waals surface area contributed by atoms with Gasteiger partial charge in [-0.15, -0.1) is 0 Å². The summed E-state index contributed by atoms with van der Waals surface area (Å²) in [5.74, 6) is 0.0317. The summed E-state index contributed by atoms with van der Waals surface area (Å²) in [6.07, 6.45) is 0. The van der Waals surface area contributed by atoms with E-state index in [1.54, 1.807) is 17.0 Å². The van der Waals surface area contributed by atoms with Gasteiger partial charge in [0.2, 0.25) is 11.8 Å². The van der Waals surface area contributed by atoms with Gasteiger partial charge in [0.1, 0.15) is 12.3 Å². The van der Waals surface area contributed by atoms with Crippen LogP contribution in [-0.4, -0.2) is 60.6 Å². The Morgan fingerprint density at radius 1 is 1.04 bits per heavy atom. The highest BCUT2D eigenvalue weighted by atomic mass is 16.3. The summed E-state index contributed by atoms with van der Waals surface area (Å²) >= 11 is 0. The quantitative estimate of drug-likeness (QED) is 0.851. The molecule has 0 bridgehead atoms. The molecular weight excluding hydrogens is 356 g/mol. The standard InChI is InChI=1S/C21H24N4O3/c1-15(21(28)25-14-20(27)22-18-4-2-3-5-19(18)25)23-10-12-24(13-11-23)16-6-8-17(26)9-7-16/h2-9,15,26H,10-14H2,1H3,(H,22,27)/t15-/m1/s1. The van der Waals surface area contributed by atoms with Crippen LogP contribution in [0.1, 0.15) is 6.92 Å². The van der Waals surface area contributed by atoms with Crippen molar-refractivity contribution in [1.82, 2.24) is 4.90 Å². The number of para-hydroxylation sites is 2. The molecule has 2 amide bonds. The molecule has 4 rings (SSSR count). The third kappa shape index (κ3) is 3.53. The van der Waals surface area contributed by atoms with Crippen molar-refractivity contribution in [3.8, 4) is 5.75 Å². The summed E-state index contributed by atoms with van der Waals surface area (Å²) in [7, 11) is 0. The number of hydrogen-bond donors (Lipinski definition) is 2. The monoisotopic (exact) mass is 380 g/mol. The lowest BCUT2D eigenvalue weighted by atomic mass is 10.1. The van der Waals surface area contributed by atoms with E-state index in [0.717, 1.165) is 37.6 Å². The van der Waals surface area contributed by atoms with Crippen molar-refractivity contribution in [2.24, 2.45) is 0 Å². The number of phenolic OH excluding ortho intramolecular Hbond substituents is 1. The van der Waals surface area contributed by atoms with Crippen LogP contribution in [0, 0.1) is 0 Å². The molecule has 2 heterocycles. The molecular formula is C21H24N4O3. The largest absolute Gasteiger partial charge is 0.508 e. The molecule has 2 aliphatic rings. The average molecular weight is 380 g/mol. The molecule has 0 aliphatic carbocycles. The zero-order valence-electron chi connectivity index (χ0n) is 15.8. The minimum atomic E-state index is -0.305. The maximum atomic E-state index is 13.2. The van der Waals surface area contributed by atoms with Crippen molar-refractivity contribution in [2.45, 2.75) is 13.0 Å². The molecule has 0 unspecified atom stereocenters. The van der Waals surface area contributed by atoms with E-state index in [9.17, 15) is 14.7 Å². The van der Waals surface area contributed by atoms with E-state index in [2.05, 4.69) is 15.1 Å². The van der Waals surface area contributed by atoms with Gasteiger partial charge in [-0.2, -0.15) is 0 Å². The molecule has 0 saturated carbocycles. The highest BCUT2D eigenvalue weighted by Crippen LogP contribution is 2.30. The molecule has 146 valence electrons. The Labute approximate surface area is 164 Å². The lowest BCUT2D eigenvalue weighted by Gasteiger charge is -2.40. The molecule has 7 nitrogen and oxygen atoms in total. The van der Waals surface area contributed by atoms with Gasteiger partial charge < -0.3 is 15.3 Å². The maximum Gasteiger partial charge on any atom is 0.244 e. The van der Waals surface area contributed by atoms with Crippen LogP contribution in [0.15, 0.2) is 48.5 Å². The van der Waals surface area contributed by atoms with E-state index in [4.69, 9.17) is 0 Å². The fourth-order valence-corrected chi connectivity index (χ4v) is 3.84. The van der Waals surface area contributed by atoms with Crippen LogP contribution in [0.3, 0.4) is 0 Å². The van der Waals surface area contributed by atoms with Gasteiger partial charge in [0.25, 0.3) is 0 Å². The van der Waals surface area contributed by atoms with Gasteiger partial charge in [-0.1, -0.05) is 12.1 Å². The summed E-state index contributed by atoms with van der Waals surface area (Å²) in [6, 6.07) is 14.3. The fourth-order valence-electron chi connectivity index (χ4n) is 3.84. The third-order valence-corrected chi connectivity index (χ3v) is 5.47. The van der Waals surface area contributed by atoms with Crippen LogP contribution in [0.25, 0.3) is 0 Å². The number of anilines is 3. The van der Waals surface area contributed by atoms with Gasteiger partial charge >= 0.3 is 0 Å². The maximum absolute atomic E-state index is 13.2. The number of carbonyl (C=O) groups excluding carboxylic acids is 2. The van der Waals surface area contributed by atoms with E-state index in [1.807, 2.05) is 43.3 Å². The number of rotatable bonds is 3. The fraction of sp³-hybridized carbons (Fsp3) is 0.333. The number of fused-ring (bicyclic) bond motifs is 1. The Morgan fingerprint density at radius 2 is 1.71 bits per heavy atom. The van der Waals surface area contributed by atoms with E-state index >= 15 is 0 Å². The number of carbonyl (C=O) groups is 2. The lowest BCUT2D eigenvalue weighted by molar-refractivity contribution is -0.125. The Kier molecular flexibility index (Phi) is 4.92. The number of nitrogens with zero attached hydrogens (tertiary/aromatic N) is 3. The highest BCUT2D eigenvalue weighted by molar-refractivity contribution is 6.11. The molecule has 1 fully saturated rings. The summed E-state index contributed by atoms with van der Waals surface area (Å²) in [4.78, 5) is 31.2. The molecule has 2 aromatic carbocycles. The van der Waals surface area contributed by atoms with Crippen molar-refractivity contribution >= 4 is 28.9 Å². The zero-order chi connectivity index (χ0) is 19.7. The second-order valence-electron chi connectivity index (χ2n) is 7.21. The number of amides is 2. The van der Waals surface area contributed by atoms with Crippen molar-refractivity contribution in [1.29, 1.82) is 0 Å². The van der Waals surface area contributed by atoms with Crippen LogP contribution in [0.4, 0.5) is 17.1 Å². The molecule has 7 heteroatoms. The van der Waals surface area contributed by atoms with E-state index in [0.29, 0.717) is 5.69 Å². The first-order valence-corrected chi connectivity index (χ1v) is 9.51. The predicted molar refractivity (Wildman–Crippen MR) is 109 cm³/mol. The van der Waals surface area contributed by atoms with Crippen molar-refractivity contribution in [3.05, 3.63) is 48.5 Å². The number of benzene rings is 2. The smallest absolute Gasteiger partial charge is 0.244 e. The highest BCUT2D eigenvalue weighted by Gasteiger charge is 2.33. The van der Waals surface area contributed by atoms with Crippen LogP contribution >= 0.6 is 0 Å². The minimum absolute atomic E-state index is 0.0493. The summed E-state index contributed by atoms with van der Waals surface area (Å²) in [5, 5.41) is 12.3. The number of nitrogens with one attached hydrogen (secondary N) is 1. The summed E-state index contributed by atoms with van der Waals surface area (Å²) in [5.41, 5.74) is 2.50. The Bertz CT molecular complexity index is 875. The third-order valence-electron chi connectivity index (χ3n) is 5.47. The van der Waals surface area contributed by atoms with Crippen molar-refractivity contribution in [2.75, 3.05) is 47.8 Å². The number of hydrogen-bond acceptors (Lipinski definition) is 5. The predicted octanol–water partition coefficient (Wildman–Crippen LogP) is 1.89. The van der Waals surface area contributed by atoms with Crippen LogP contribution in [0.2, 0.25) is 0 Å². The minimum Gasteiger partial charge on any atom is -0.508 e. The van der Waals surface area contributed by atoms with Gasteiger partial charge in [-0.25, -0.2) is 0 Å². The van der Waals surface area contributed by atoms with Gasteiger partial charge in [0.05, 0.1) is 17.4 Å². The van der Waals surface area contributed by atoms with Crippen molar-refractivity contribution < 1.29 is 14.7 Å². The second kappa shape index (κ2) is 7.52. The first kappa shape index (κ1) is 18.3. The summed E-state index contributed by atoms with van der Waals surface area (Å²) < 4.78 is 0. The summed E-state index contributed by atoms with van der Waals surface area (Å²) in [6.45, 7) is 5.09. The van der Waals surface area contributed by atoms with Crippen molar-refractivity contribution in [3.63, 3.8) is 0 Å². The van der Waals surface area contributed by atoms with Crippen LogP contribution in [-0.2, 0) is 9.59 Å². The Hall–Kier alpha value is -3.06. The molecule has 1 saturated heterocycles. The Balaban J connectivity index is 1.43. The average Bonchev–Trinajstić information content (AvgIpc) is 2.73. The molecule has 2 N–H and O–H groups in total. The molecule has 2 aliphatic heterocycles. The van der Waals surface area contributed by atoms with Crippen LogP contribution in [0.5, 0.6) is 5.75 Å². The van der Waals surface area contributed by atoms with Gasteiger partial charge in [0, 0.05) is 31.9 Å². The first-order valence-electron chi connectivity index (χ1n) is 9.51. The molecule has 2 aromatic rings. The molecule has 0 radical (unpaired) electrons. The number of piperazine rings is 1. The number of phenols is 1. The van der Waals surface area contributed by atoms with Gasteiger partial charge in [0.15, 0.2) is 0 Å². The van der Waals surface area contributed by atoms with Gasteiger partial charge in [-0.3, -0.25) is 19.4 Å². The Morgan fingerprint density at radius 3 is 2.43 bits per heavy atom. The topological polar surface area (TPSA) is 76.1 Å². The molecule has 0 spiro atoms. The van der Waals surface area contributed by atoms with Gasteiger partial charge in [-0.05, 0) is 43.3 Å². The van der Waals surface area contributed by atoms with E-state index < -0.39 is 0 Å². The molecule has 1 atom stereocenters. The zero-order valence-corrected chi connectivity index (χ0v) is 15.8. The SMILES string of the molecule is C[C@H](C(=O)N1CC(=O)Nc2ccccc21)N1CCN(c2ccc(O)cc2)CC1. The van der Waals surface area contributed by atoms with E-state index in [1.165, 1.54) is 0 Å². The second-order valence-corrected chi connectivity index (χ2v) is 7.21. The van der Waals surface area contributed by atoms with E-state index in [-0.39, 0.29) is 30.2 Å². The molecule has 0 aromatic heterocycles. The normalized spacial score (nSPS) is 18.4.